The first-order chi connectivity index (χ1) is 16.9. The first-order valence-electron chi connectivity index (χ1n) is 11.1. The highest BCUT2D eigenvalue weighted by Gasteiger charge is 2.44. The summed E-state index contributed by atoms with van der Waals surface area (Å²) in [6.45, 7) is 1.98. The van der Waals surface area contributed by atoms with E-state index >= 15 is 0 Å². The van der Waals surface area contributed by atoms with E-state index in [1.54, 1.807) is 25.1 Å². The maximum absolute atomic E-state index is 13.5. The Bertz CT molecular complexity index is 1250. The number of ketones is 1. The minimum Gasteiger partial charge on any atom is -0.503 e. The number of ether oxygens (including phenoxy) is 3. The molecule has 0 bridgehead atoms. The molecule has 2 heterocycles. The highest BCUT2D eigenvalue weighted by molar-refractivity contribution is 6.15. The molecule has 4 rings (SSSR count). The molecule has 0 saturated carbocycles. The summed E-state index contributed by atoms with van der Waals surface area (Å²) in [7, 11) is 4.46. The van der Waals surface area contributed by atoms with Crippen LogP contribution < -0.4 is 14.2 Å². The maximum Gasteiger partial charge on any atom is 0.290 e. The molecular weight excluding hydrogens is 450 g/mol. The number of aryl methyl sites for hydroxylation is 1. The number of hydrogen-bond acceptors (Lipinski definition) is 7. The van der Waals surface area contributed by atoms with Crippen LogP contribution in [0.2, 0.25) is 0 Å². The van der Waals surface area contributed by atoms with Gasteiger partial charge in [0.05, 0.1) is 32.9 Å². The van der Waals surface area contributed by atoms with E-state index in [-0.39, 0.29) is 17.9 Å². The number of aliphatic hydroxyl groups excluding tert-OH is 1. The molecule has 1 atom stereocenters. The fourth-order valence-corrected chi connectivity index (χ4v) is 4.31. The summed E-state index contributed by atoms with van der Waals surface area (Å²) in [5.41, 5.74) is 1.48. The van der Waals surface area contributed by atoms with Crippen molar-refractivity contribution in [3.8, 4) is 17.2 Å². The smallest absolute Gasteiger partial charge is 0.290 e. The van der Waals surface area contributed by atoms with E-state index in [0.717, 1.165) is 5.56 Å². The second-order valence-corrected chi connectivity index (χ2v) is 8.10. The Labute approximate surface area is 203 Å². The van der Waals surface area contributed by atoms with Crippen LogP contribution in [-0.4, -0.2) is 49.6 Å². The van der Waals surface area contributed by atoms with E-state index in [2.05, 4.69) is 0 Å². The summed E-state index contributed by atoms with van der Waals surface area (Å²) < 4.78 is 21.9. The summed E-state index contributed by atoms with van der Waals surface area (Å²) in [5.74, 6) is -0.107. The van der Waals surface area contributed by atoms with Gasteiger partial charge in [-0.05, 0) is 48.7 Å². The van der Waals surface area contributed by atoms with Gasteiger partial charge in [-0.2, -0.15) is 0 Å². The summed E-state index contributed by atoms with van der Waals surface area (Å²) >= 11 is 0. The van der Waals surface area contributed by atoms with Crippen molar-refractivity contribution in [3.05, 3.63) is 88.6 Å². The van der Waals surface area contributed by atoms with Crippen molar-refractivity contribution >= 4 is 11.7 Å². The van der Waals surface area contributed by atoms with Crippen molar-refractivity contribution in [2.24, 2.45) is 0 Å². The molecule has 0 aliphatic carbocycles. The van der Waals surface area contributed by atoms with Crippen molar-refractivity contribution in [2.75, 3.05) is 27.9 Å². The summed E-state index contributed by atoms with van der Waals surface area (Å²) in [6, 6.07) is 15.3. The van der Waals surface area contributed by atoms with Crippen molar-refractivity contribution in [1.29, 1.82) is 0 Å². The van der Waals surface area contributed by atoms with Crippen LogP contribution in [0.3, 0.4) is 0 Å². The lowest BCUT2D eigenvalue weighted by Crippen LogP contribution is -2.33. The van der Waals surface area contributed by atoms with Gasteiger partial charge < -0.3 is 28.6 Å². The lowest BCUT2D eigenvalue weighted by atomic mass is 9.94. The molecule has 3 aromatic rings. The SMILES string of the molecule is COc1cc(C2C(C(=O)c3ccc(C)o3)=C(O)C(=O)N2CCc2ccccc2)cc(OC)c1OC. The molecule has 1 aliphatic rings. The van der Waals surface area contributed by atoms with Crippen LogP contribution in [0, 0.1) is 6.92 Å². The first-order valence-corrected chi connectivity index (χ1v) is 11.1. The minimum absolute atomic E-state index is 0.0409. The third kappa shape index (κ3) is 4.47. The number of hydrogen-bond donors (Lipinski definition) is 1. The molecule has 0 spiro atoms. The molecule has 8 heteroatoms. The Kier molecular flexibility index (Phi) is 6.82. The van der Waals surface area contributed by atoms with Gasteiger partial charge in [0.1, 0.15) is 5.76 Å². The Morgan fingerprint density at radius 1 is 1.00 bits per heavy atom. The number of aliphatic hydroxyl groups is 1. The average molecular weight is 478 g/mol. The van der Waals surface area contributed by atoms with E-state index in [9.17, 15) is 14.7 Å². The fraction of sp³-hybridized carbons (Fsp3) is 0.259. The number of methoxy groups -OCH3 is 3. The highest BCUT2D eigenvalue weighted by atomic mass is 16.5. The van der Waals surface area contributed by atoms with Gasteiger partial charge >= 0.3 is 0 Å². The minimum atomic E-state index is -0.891. The second kappa shape index (κ2) is 9.97. The van der Waals surface area contributed by atoms with Crippen LogP contribution in [-0.2, 0) is 11.2 Å². The molecule has 1 unspecified atom stereocenters. The van der Waals surface area contributed by atoms with Crippen LogP contribution in [0.4, 0.5) is 0 Å². The molecule has 1 aromatic heterocycles. The fourth-order valence-electron chi connectivity index (χ4n) is 4.31. The molecule has 0 saturated heterocycles. The third-order valence-electron chi connectivity index (χ3n) is 6.00. The summed E-state index contributed by atoms with van der Waals surface area (Å²) in [5, 5.41) is 10.9. The van der Waals surface area contributed by atoms with Crippen LogP contribution in [0.15, 0.2) is 70.3 Å². The molecule has 8 nitrogen and oxygen atoms in total. The van der Waals surface area contributed by atoms with Crippen LogP contribution >= 0.6 is 0 Å². The van der Waals surface area contributed by atoms with Crippen molar-refractivity contribution in [1.82, 2.24) is 4.90 Å². The van der Waals surface area contributed by atoms with E-state index in [0.29, 0.717) is 35.0 Å². The zero-order chi connectivity index (χ0) is 25.1. The maximum atomic E-state index is 13.5. The van der Waals surface area contributed by atoms with Gasteiger partial charge in [-0.1, -0.05) is 30.3 Å². The van der Waals surface area contributed by atoms with E-state index in [4.69, 9.17) is 18.6 Å². The number of benzene rings is 2. The lowest BCUT2D eigenvalue weighted by Gasteiger charge is -2.28. The standard InChI is InChI=1S/C27H27NO7/c1-16-10-11-19(35-16)24(29)22-23(18-14-20(32-2)26(34-4)21(15-18)33-3)28(27(31)25(22)30)13-12-17-8-6-5-7-9-17/h5-11,14-15,23,30H,12-13H2,1-4H3. The van der Waals surface area contributed by atoms with E-state index in [1.165, 1.54) is 32.3 Å². The number of furan rings is 1. The van der Waals surface area contributed by atoms with Crippen LogP contribution in [0.1, 0.15) is 33.5 Å². The Morgan fingerprint density at radius 3 is 2.20 bits per heavy atom. The van der Waals surface area contributed by atoms with Gasteiger partial charge in [0.25, 0.3) is 5.91 Å². The number of nitrogens with zero attached hydrogens (tertiary/aromatic N) is 1. The number of Topliss-reactive ketones (excluding diaryl/α,β-unsaturated/α-hetero) is 1. The number of carbonyl (C=O) groups excluding carboxylic acids is 2. The molecule has 1 aliphatic heterocycles. The number of rotatable bonds is 9. The summed E-state index contributed by atoms with van der Waals surface area (Å²) in [4.78, 5) is 28.2. The third-order valence-corrected chi connectivity index (χ3v) is 6.00. The van der Waals surface area contributed by atoms with Gasteiger partial charge in [0, 0.05) is 6.54 Å². The summed E-state index contributed by atoms with van der Waals surface area (Å²) in [6.07, 6.45) is 0.530. The molecule has 1 N–H and O–H groups in total. The largest absolute Gasteiger partial charge is 0.503 e. The highest BCUT2D eigenvalue weighted by Crippen LogP contribution is 2.45. The molecule has 1 amide bonds. The Morgan fingerprint density at radius 2 is 1.66 bits per heavy atom. The molecule has 0 fully saturated rings. The molecule has 0 radical (unpaired) electrons. The average Bonchev–Trinajstić information content (AvgIpc) is 3.42. The van der Waals surface area contributed by atoms with Gasteiger partial charge in [-0.15, -0.1) is 0 Å². The number of amides is 1. The molecule has 2 aromatic carbocycles. The number of carbonyl (C=O) groups is 2. The molecule has 35 heavy (non-hydrogen) atoms. The van der Waals surface area contributed by atoms with Crippen molar-refractivity contribution < 1.29 is 33.3 Å². The Balaban J connectivity index is 1.82. The first kappa shape index (κ1) is 23.9. The van der Waals surface area contributed by atoms with Crippen LogP contribution in [0.25, 0.3) is 0 Å². The van der Waals surface area contributed by atoms with Gasteiger partial charge in [-0.25, -0.2) is 0 Å². The molecular formula is C27H27NO7. The zero-order valence-corrected chi connectivity index (χ0v) is 20.0. The van der Waals surface area contributed by atoms with Crippen molar-refractivity contribution in [2.45, 2.75) is 19.4 Å². The topological polar surface area (TPSA) is 98.4 Å². The predicted octanol–water partition coefficient (Wildman–Crippen LogP) is 4.43. The zero-order valence-electron chi connectivity index (χ0n) is 20.0. The predicted molar refractivity (Wildman–Crippen MR) is 128 cm³/mol. The quantitative estimate of drug-likeness (QED) is 0.455. The normalized spacial score (nSPS) is 15.5. The van der Waals surface area contributed by atoms with Gasteiger partial charge in [0.2, 0.25) is 11.5 Å². The second-order valence-electron chi connectivity index (χ2n) is 8.10. The van der Waals surface area contributed by atoms with Crippen LogP contribution in [0.5, 0.6) is 17.2 Å². The molecule has 182 valence electrons. The Hall–Kier alpha value is -4.20. The monoisotopic (exact) mass is 477 g/mol. The van der Waals surface area contributed by atoms with Crippen molar-refractivity contribution in [3.63, 3.8) is 0 Å². The van der Waals surface area contributed by atoms with E-state index in [1.807, 2.05) is 30.3 Å². The van der Waals surface area contributed by atoms with E-state index < -0.39 is 23.5 Å². The van der Waals surface area contributed by atoms with Gasteiger partial charge in [-0.3, -0.25) is 9.59 Å². The van der Waals surface area contributed by atoms with Gasteiger partial charge in [0.15, 0.2) is 23.0 Å². The lowest BCUT2D eigenvalue weighted by molar-refractivity contribution is -0.129.